The van der Waals surface area contributed by atoms with Gasteiger partial charge in [0.05, 0.1) is 6.20 Å². The van der Waals surface area contributed by atoms with E-state index >= 15 is 0 Å². The molecule has 0 fully saturated rings. The number of nitrogens with zero attached hydrogens (tertiary/aromatic N) is 4. The van der Waals surface area contributed by atoms with Crippen LogP contribution in [0.25, 0.3) is 0 Å². The summed E-state index contributed by atoms with van der Waals surface area (Å²) >= 11 is 6.09. The summed E-state index contributed by atoms with van der Waals surface area (Å²) < 4.78 is 1.86. The number of aryl methyl sites for hydroxylation is 1. The fourth-order valence-corrected chi connectivity index (χ4v) is 1.93. The van der Waals surface area contributed by atoms with E-state index in [4.69, 9.17) is 11.6 Å². The van der Waals surface area contributed by atoms with Crippen LogP contribution in [-0.4, -0.2) is 32.8 Å². The predicted molar refractivity (Wildman–Crippen MR) is 81.2 cm³/mol. The molecule has 0 amide bonds. The van der Waals surface area contributed by atoms with Crippen molar-refractivity contribution in [3.63, 3.8) is 0 Å². The van der Waals surface area contributed by atoms with Crippen LogP contribution in [0.5, 0.6) is 0 Å². The van der Waals surface area contributed by atoms with Gasteiger partial charge in [0.15, 0.2) is 0 Å². The molecule has 0 spiro atoms. The average Bonchev–Trinajstić information content (AvgIpc) is 2.85. The molecule has 0 saturated heterocycles. The van der Waals surface area contributed by atoms with E-state index in [1.165, 1.54) is 0 Å². The van der Waals surface area contributed by atoms with Crippen LogP contribution in [0.2, 0.25) is 5.02 Å². The Balaban J connectivity index is 1.92. The molecule has 0 aliphatic carbocycles. The number of aromatic nitrogens is 4. The normalized spacial score (nSPS) is 10.6. The van der Waals surface area contributed by atoms with Gasteiger partial charge >= 0.3 is 0 Å². The molecule has 2 N–H and O–H groups in total. The van der Waals surface area contributed by atoms with Gasteiger partial charge in [-0.15, -0.1) is 0 Å². The molecule has 2 heterocycles. The molecule has 0 aliphatic rings. The Morgan fingerprint density at radius 2 is 2.15 bits per heavy atom. The van der Waals surface area contributed by atoms with Gasteiger partial charge in [0.25, 0.3) is 0 Å². The second-order valence-electron chi connectivity index (χ2n) is 4.44. The molecule has 6 nitrogen and oxygen atoms in total. The van der Waals surface area contributed by atoms with Gasteiger partial charge in [-0.05, 0) is 12.5 Å². The standard InChI is InChI=1S/C13H19ClN6/c1-3-6-16-13-17-9-11(14)12(19-13)15-7-4-10-5-8-18-20(10)2/h5,8-9H,3-4,6-7H2,1-2H3,(H2,15,16,17,19). The van der Waals surface area contributed by atoms with Crippen molar-refractivity contribution in [2.75, 3.05) is 23.7 Å². The van der Waals surface area contributed by atoms with Crippen molar-refractivity contribution in [3.05, 3.63) is 29.2 Å². The van der Waals surface area contributed by atoms with Gasteiger partial charge < -0.3 is 10.6 Å². The van der Waals surface area contributed by atoms with E-state index in [0.717, 1.165) is 31.6 Å². The fraction of sp³-hybridized carbons (Fsp3) is 0.462. The first kappa shape index (κ1) is 14.6. The van der Waals surface area contributed by atoms with Crippen molar-refractivity contribution in [1.29, 1.82) is 0 Å². The van der Waals surface area contributed by atoms with Crippen molar-refractivity contribution < 1.29 is 0 Å². The quantitative estimate of drug-likeness (QED) is 0.820. The molecule has 2 rings (SSSR count). The minimum Gasteiger partial charge on any atom is -0.368 e. The summed E-state index contributed by atoms with van der Waals surface area (Å²) in [4.78, 5) is 8.50. The molecule has 2 aromatic rings. The molecule has 0 radical (unpaired) electrons. The van der Waals surface area contributed by atoms with Gasteiger partial charge in [0.2, 0.25) is 5.95 Å². The number of hydrogen-bond acceptors (Lipinski definition) is 5. The Labute approximate surface area is 123 Å². The maximum Gasteiger partial charge on any atom is 0.224 e. The molecule has 0 unspecified atom stereocenters. The van der Waals surface area contributed by atoms with Crippen molar-refractivity contribution in [3.8, 4) is 0 Å². The minimum atomic E-state index is 0.525. The Bertz CT molecular complexity index is 554. The first-order valence-corrected chi connectivity index (χ1v) is 7.05. The lowest BCUT2D eigenvalue weighted by atomic mass is 10.3. The van der Waals surface area contributed by atoms with Crippen LogP contribution in [0.1, 0.15) is 19.0 Å². The zero-order valence-corrected chi connectivity index (χ0v) is 12.5. The summed E-state index contributed by atoms with van der Waals surface area (Å²) in [6.45, 7) is 3.68. The van der Waals surface area contributed by atoms with Gasteiger partial charge in [0.1, 0.15) is 10.8 Å². The summed E-state index contributed by atoms with van der Waals surface area (Å²) in [6.07, 6.45) is 5.28. The molecule has 0 aromatic carbocycles. The van der Waals surface area contributed by atoms with E-state index in [-0.39, 0.29) is 0 Å². The summed E-state index contributed by atoms with van der Waals surface area (Å²) in [7, 11) is 1.93. The zero-order chi connectivity index (χ0) is 14.4. The maximum absolute atomic E-state index is 6.09. The fourth-order valence-electron chi connectivity index (χ4n) is 1.77. The minimum absolute atomic E-state index is 0.525. The van der Waals surface area contributed by atoms with Crippen molar-refractivity contribution >= 4 is 23.4 Å². The number of rotatable bonds is 7. The van der Waals surface area contributed by atoms with Crippen molar-refractivity contribution in [1.82, 2.24) is 19.7 Å². The summed E-state index contributed by atoms with van der Waals surface area (Å²) in [5.41, 5.74) is 1.16. The van der Waals surface area contributed by atoms with Gasteiger partial charge in [-0.1, -0.05) is 18.5 Å². The van der Waals surface area contributed by atoms with Crippen molar-refractivity contribution in [2.24, 2.45) is 7.05 Å². The summed E-state index contributed by atoms with van der Waals surface area (Å²) in [6, 6.07) is 2.00. The predicted octanol–water partition coefficient (Wildman–Crippen LogP) is 2.34. The number of anilines is 2. The summed E-state index contributed by atoms with van der Waals surface area (Å²) in [5.74, 6) is 1.25. The Kier molecular flexibility index (Phi) is 5.17. The van der Waals surface area contributed by atoms with Crippen molar-refractivity contribution in [2.45, 2.75) is 19.8 Å². The Hall–Kier alpha value is -1.82. The molecule has 7 heteroatoms. The third kappa shape index (κ3) is 3.84. The van der Waals surface area contributed by atoms with Crippen LogP contribution < -0.4 is 10.6 Å². The van der Waals surface area contributed by atoms with Crippen LogP contribution in [0, 0.1) is 0 Å². The van der Waals surface area contributed by atoms with Gasteiger partial charge in [-0.2, -0.15) is 10.1 Å². The molecule has 0 bridgehead atoms. The molecule has 0 aliphatic heterocycles. The molecular weight excluding hydrogens is 276 g/mol. The Morgan fingerprint density at radius 3 is 2.85 bits per heavy atom. The monoisotopic (exact) mass is 294 g/mol. The van der Waals surface area contributed by atoms with Crippen LogP contribution in [0.4, 0.5) is 11.8 Å². The molecule has 20 heavy (non-hydrogen) atoms. The molecule has 0 atom stereocenters. The highest BCUT2D eigenvalue weighted by Gasteiger charge is 2.05. The SMILES string of the molecule is CCCNc1ncc(Cl)c(NCCc2ccnn2C)n1. The molecule has 2 aromatic heterocycles. The van der Waals surface area contributed by atoms with Gasteiger partial charge in [0, 0.05) is 38.4 Å². The highest BCUT2D eigenvalue weighted by molar-refractivity contribution is 6.32. The van der Waals surface area contributed by atoms with E-state index in [9.17, 15) is 0 Å². The van der Waals surface area contributed by atoms with Gasteiger partial charge in [-0.25, -0.2) is 4.98 Å². The number of halogens is 1. The van der Waals surface area contributed by atoms with E-state index in [1.54, 1.807) is 12.4 Å². The van der Waals surface area contributed by atoms with E-state index in [2.05, 4.69) is 32.6 Å². The van der Waals surface area contributed by atoms with Crippen LogP contribution in [0.15, 0.2) is 18.5 Å². The lowest BCUT2D eigenvalue weighted by Gasteiger charge is -2.09. The molecule has 0 saturated carbocycles. The smallest absolute Gasteiger partial charge is 0.224 e. The first-order valence-electron chi connectivity index (χ1n) is 6.68. The first-order chi connectivity index (χ1) is 9.70. The third-order valence-electron chi connectivity index (χ3n) is 2.87. The third-order valence-corrected chi connectivity index (χ3v) is 3.15. The largest absolute Gasteiger partial charge is 0.368 e. The lowest BCUT2D eigenvalue weighted by Crippen LogP contribution is -2.11. The lowest BCUT2D eigenvalue weighted by molar-refractivity contribution is 0.711. The highest BCUT2D eigenvalue weighted by Crippen LogP contribution is 2.19. The number of hydrogen-bond donors (Lipinski definition) is 2. The van der Waals surface area contributed by atoms with Crippen LogP contribution in [0.3, 0.4) is 0 Å². The zero-order valence-electron chi connectivity index (χ0n) is 11.7. The van der Waals surface area contributed by atoms with E-state index in [0.29, 0.717) is 16.8 Å². The molecule has 108 valence electrons. The van der Waals surface area contributed by atoms with E-state index in [1.807, 2.05) is 17.8 Å². The second kappa shape index (κ2) is 7.09. The Morgan fingerprint density at radius 1 is 1.30 bits per heavy atom. The van der Waals surface area contributed by atoms with Gasteiger partial charge in [-0.3, -0.25) is 4.68 Å². The van der Waals surface area contributed by atoms with Crippen LogP contribution >= 0.6 is 11.6 Å². The molecular formula is C13H19ClN6. The second-order valence-corrected chi connectivity index (χ2v) is 4.85. The summed E-state index contributed by atoms with van der Waals surface area (Å²) in [5, 5.41) is 11.0. The maximum atomic E-state index is 6.09. The highest BCUT2D eigenvalue weighted by atomic mass is 35.5. The van der Waals surface area contributed by atoms with Crippen LogP contribution in [-0.2, 0) is 13.5 Å². The average molecular weight is 295 g/mol. The van der Waals surface area contributed by atoms with E-state index < -0.39 is 0 Å². The number of nitrogens with one attached hydrogen (secondary N) is 2. The topological polar surface area (TPSA) is 67.7 Å².